The van der Waals surface area contributed by atoms with Crippen LogP contribution in [0, 0.1) is 6.92 Å². The van der Waals surface area contributed by atoms with E-state index >= 15 is 0 Å². The van der Waals surface area contributed by atoms with Gasteiger partial charge in [0.1, 0.15) is 0 Å². The first-order valence-corrected chi connectivity index (χ1v) is 12.4. The quantitative estimate of drug-likeness (QED) is 0.400. The number of likely N-dealkylation sites (tertiary alicyclic amines) is 1. The van der Waals surface area contributed by atoms with E-state index in [1.165, 1.54) is 33.6 Å². The number of rotatable bonds is 6. The summed E-state index contributed by atoms with van der Waals surface area (Å²) in [6.07, 6.45) is 1.80. The Morgan fingerprint density at radius 3 is 2.30 bits per heavy atom. The van der Waals surface area contributed by atoms with Crippen molar-refractivity contribution in [3.8, 4) is 0 Å². The molecule has 1 N–H and O–H groups in total. The van der Waals surface area contributed by atoms with Crippen molar-refractivity contribution >= 4 is 35.1 Å². The maximum absolute atomic E-state index is 11.5. The molecule has 4 rings (SSSR count). The summed E-state index contributed by atoms with van der Waals surface area (Å²) in [5, 5.41) is 3.55. The number of carbonyl (C=O) groups is 1. The van der Waals surface area contributed by atoms with Gasteiger partial charge in [-0.2, -0.15) is 0 Å². The molecule has 1 fully saturated rings. The third-order valence-electron chi connectivity index (χ3n) is 6.12. The van der Waals surface area contributed by atoms with E-state index in [2.05, 4.69) is 53.5 Å². The van der Waals surface area contributed by atoms with Crippen LogP contribution in [0.5, 0.6) is 0 Å². The molecule has 172 valence electrons. The summed E-state index contributed by atoms with van der Waals surface area (Å²) in [4.78, 5) is 16.5. The molecule has 1 saturated heterocycles. The van der Waals surface area contributed by atoms with Crippen molar-refractivity contribution in [3.63, 3.8) is 0 Å². The Morgan fingerprint density at radius 2 is 1.67 bits per heavy atom. The minimum Gasteiger partial charge on any atom is -0.453 e. The van der Waals surface area contributed by atoms with E-state index in [9.17, 15) is 4.79 Å². The SMILES string of the molecule is COC(=O)Nc1ccc(C)c(C2CCN(Cc3ccc(Sc4ccc(Cl)cc4)cc3)CC2)c1. The van der Waals surface area contributed by atoms with Crippen LogP contribution in [-0.2, 0) is 11.3 Å². The molecule has 6 heteroatoms. The molecule has 0 unspecified atom stereocenters. The summed E-state index contributed by atoms with van der Waals surface area (Å²) >= 11 is 7.73. The zero-order chi connectivity index (χ0) is 23.2. The topological polar surface area (TPSA) is 41.6 Å². The van der Waals surface area contributed by atoms with Gasteiger partial charge in [0.2, 0.25) is 0 Å². The van der Waals surface area contributed by atoms with Crippen LogP contribution in [0.3, 0.4) is 0 Å². The van der Waals surface area contributed by atoms with E-state index in [0.29, 0.717) is 5.92 Å². The number of anilines is 1. The molecule has 0 radical (unpaired) electrons. The Hall–Kier alpha value is -2.47. The highest BCUT2D eigenvalue weighted by atomic mass is 35.5. The first-order chi connectivity index (χ1) is 16.0. The summed E-state index contributed by atoms with van der Waals surface area (Å²) < 4.78 is 4.72. The molecule has 4 nitrogen and oxygen atoms in total. The van der Waals surface area contributed by atoms with Gasteiger partial charge in [-0.25, -0.2) is 4.79 Å². The minimum absolute atomic E-state index is 0.433. The fourth-order valence-electron chi connectivity index (χ4n) is 4.29. The zero-order valence-electron chi connectivity index (χ0n) is 19.0. The molecule has 0 spiro atoms. The van der Waals surface area contributed by atoms with Crippen LogP contribution >= 0.6 is 23.4 Å². The fourth-order valence-corrected chi connectivity index (χ4v) is 5.23. The average Bonchev–Trinajstić information content (AvgIpc) is 2.83. The number of hydrogen-bond donors (Lipinski definition) is 1. The molecular formula is C27H29ClN2O2S. The summed E-state index contributed by atoms with van der Waals surface area (Å²) in [5.41, 5.74) is 4.74. The van der Waals surface area contributed by atoms with Gasteiger partial charge in [0, 0.05) is 27.0 Å². The Bertz CT molecular complexity index is 1080. The Morgan fingerprint density at radius 1 is 1.03 bits per heavy atom. The molecule has 1 amide bonds. The molecule has 0 aromatic heterocycles. The van der Waals surface area contributed by atoms with Crippen molar-refractivity contribution in [1.82, 2.24) is 4.90 Å². The van der Waals surface area contributed by atoms with Gasteiger partial charge in [-0.3, -0.25) is 10.2 Å². The average molecular weight is 481 g/mol. The lowest BCUT2D eigenvalue weighted by molar-refractivity contribution is 0.187. The highest BCUT2D eigenvalue weighted by Gasteiger charge is 2.22. The first-order valence-electron chi connectivity index (χ1n) is 11.2. The van der Waals surface area contributed by atoms with E-state index in [-0.39, 0.29) is 0 Å². The second-order valence-corrected chi connectivity index (χ2v) is 10.0. The van der Waals surface area contributed by atoms with E-state index in [4.69, 9.17) is 16.3 Å². The highest BCUT2D eigenvalue weighted by Crippen LogP contribution is 2.33. The number of ether oxygens (including phenoxy) is 1. The van der Waals surface area contributed by atoms with Gasteiger partial charge in [0.05, 0.1) is 7.11 Å². The molecule has 3 aromatic rings. The van der Waals surface area contributed by atoms with Crippen molar-refractivity contribution in [3.05, 3.63) is 88.4 Å². The van der Waals surface area contributed by atoms with Crippen LogP contribution in [0.2, 0.25) is 5.02 Å². The Balaban J connectivity index is 1.31. The molecule has 0 atom stereocenters. The smallest absolute Gasteiger partial charge is 0.411 e. The van der Waals surface area contributed by atoms with Crippen LogP contribution in [-0.4, -0.2) is 31.2 Å². The van der Waals surface area contributed by atoms with Gasteiger partial charge in [-0.15, -0.1) is 0 Å². The molecule has 33 heavy (non-hydrogen) atoms. The minimum atomic E-state index is -0.433. The largest absolute Gasteiger partial charge is 0.453 e. The third-order valence-corrected chi connectivity index (χ3v) is 7.39. The van der Waals surface area contributed by atoms with Crippen molar-refractivity contribution in [2.75, 3.05) is 25.5 Å². The summed E-state index contributed by atoms with van der Waals surface area (Å²) in [7, 11) is 1.38. The summed E-state index contributed by atoms with van der Waals surface area (Å²) in [6, 6.07) is 22.9. The van der Waals surface area contributed by atoms with E-state index in [1.54, 1.807) is 11.8 Å². The van der Waals surface area contributed by atoms with E-state index in [1.807, 2.05) is 30.3 Å². The van der Waals surface area contributed by atoms with Gasteiger partial charge < -0.3 is 4.74 Å². The summed E-state index contributed by atoms with van der Waals surface area (Å²) in [5.74, 6) is 0.513. The number of nitrogens with one attached hydrogen (secondary N) is 1. The second kappa shape index (κ2) is 11.1. The predicted octanol–water partition coefficient (Wildman–Crippen LogP) is 7.36. The number of carbonyl (C=O) groups excluding carboxylic acids is 1. The van der Waals surface area contributed by atoms with Gasteiger partial charge in [0.15, 0.2) is 0 Å². The lowest BCUT2D eigenvalue weighted by atomic mass is 9.86. The lowest BCUT2D eigenvalue weighted by Gasteiger charge is -2.33. The van der Waals surface area contributed by atoms with E-state index in [0.717, 1.165) is 43.2 Å². The first kappa shape index (κ1) is 23.7. The van der Waals surface area contributed by atoms with Crippen LogP contribution in [0.15, 0.2) is 76.5 Å². The highest BCUT2D eigenvalue weighted by molar-refractivity contribution is 7.99. The number of methoxy groups -OCH3 is 1. The van der Waals surface area contributed by atoms with Gasteiger partial charge >= 0.3 is 6.09 Å². The van der Waals surface area contributed by atoms with Gasteiger partial charge in [-0.05, 0) is 104 Å². The Labute approximate surface area is 205 Å². The molecule has 1 aliphatic heterocycles. The lowest BCUT2D eigenvalue weighted by Crippen LogP contribution is -2.32. The molecule has 0 saturated carbocycles. The second-order valence-electron chi connectivity index (χ2n) is 8.44. The molecule has 0 bridgehead atoms. The Kier molecular flexibility index (Phi) is 7.97. The standard InChI is InChI=1S/C27H29ClN2O2S/c1-19-3-8-23(29-27(31)32-2)17-26(19)21-13-15-30(16-14-21)18-20-4-9-24(10-5-20)33-25-11-6-22(28)7-12-25/h3-12,17,21H,13-16,18H2,1-2H3,(H,29,31). The van der Waals surface area contributed by atoms with Crippen LogP contribution in [0.25, 0.3) is 0 Å². The fraction of sp³-hybridized carbons (Fsp3) is 0.296. The number of nitrogens with zero attached hydrogens (tertiary/aromatic N) is 1. The molecule has 1 heterocycles. The van der Waals surface area contributed by atoms with Gasteiger partial charge in [-0.1, -0.05) is 41.6 Å². The molecule has 0 aliphatic carbocycles. The van der Waals surface area contributed by atoms with Crippen molar-refractivity contribution < 1.29 is 9.53 Å². The maximum Gasteiger partial charge on any atom is 0.411 e. The van der Waals surface area contributed by atoms with E-state index < -0.39 is 6.09 Å². The van der Waals surface area contributed by atoms with Crippen molar-refractivity contribution in [2.45, 2.75) is 42.0 Å². The maximum atomic E-state index is 11.5. The third kappa shape index (κ3) is 6.53. The number of amides is 1. The number of benzene rings is 3. The monoisotopic (exact) mass is 480 g/mol. The number of piperidine rings is 1. The van der Waals surface area contributed by atoms with Crippen LogP contribution in [0.4, 0.5) is 10.5 Å². The zero-order valence-corrected chi connectivity index (χ0v) is 20.6. The van der Waals surface area contributed by atoms with Crippen molar-refractivity contribution in [1.29, 1.82) is 0 Å². The van der Waals surface area contributed by atoms with Crippen LogP contribution in [0.1, 0.15) is 35.4 Å². The molecule has 1 aliphatic rings. The number of halogens is 1. The molecule has 3 aromatic carbocycles. The molecular weight excluding hydrogens is 452 g/mol. The normalized spacial score (nSPS) is 14.8. The van der Waals surface area contributed by atoms with Gasteiger partial charge in [0.25, 0.3) is 0 Å². The number of hydrogen-bond acceptors (Lipinski definition) is 4. The van der Waals surface area contributed by atoms with Crippen molar-refractivity contribution in [2.24, 2.45) is 0 Å². The summed E-state index contributed by atoms with van der Waals surface area (Å²) in [6.45, 7) is 5.26. The predicted molar refractivity (Wildman–Crippen MR) is 136 cm³/mol. The number of aryl methyl sites for hydroxylation is 1. The van der Waals surface area contributed by atoms with Crippen LogP contribution < -0.4 is 5.32 Å².